The molecular formula is C56H49BN2. The van der Waals surface area contributed by atoms with Gasteiger partial charge < -0.3 is 9.80 Å². The van der Waals surface area contributed by atoms with Crippen molar-refractivity contribution in [2.75, 3.05) is 9.80 Å². The van der Waals surface area contributed by atoms with E-state index in [4.69, 9.17) is 0 Å². The molecule has 8 aliphatic carbocycles. The zero-order valence-corrected chi connectivity index (χ0v) is 34.0. The molecule has 8 saturated carbocycles. The van der Waals surface area contributed by atoms with Crippen molar-refractivity contribution in [1.29, 1.82) is 0 Å². The normalized spacial score (nSPS) is 36.8. The van der Waals surface area contributed by atoms with Crippen molar-refractivity contribution in [3.8, 4) is 0 Å². The van der Waals surface area contributed by atoms with E-state index in [0.717, 1.165) is 40.9 Å². The first-order chi connectivity index (χ1) is 29.0. The van der Waals surface area contributed by atoms with Crippen molar-refractivity contribution in [1.82, 2.24) is 0 Å². The summed E-state index contributed by atoms with van der Waals surface area (Å²) in [6.45, 7) is 2.67. The van der Waals surface area contributed by atoms with E-state index < -0.39 is 0 Å². The number of rotatable bonds is 5. The van der Waals surface area contributed by atoms with E-state index in [1.54, 1.807) is 11.1 Å². The smallest absolute Gasteiger partial charge is 0.252 e. The maximum absolute atomic E-state index is 2.65. The molecule has 2 nitrogen and oxygen atoms in total. The summed E-state index contributed by atoms with van der Waals surface area (Å²) in [4.78, 5) is 5.29. The molecule has 59 heavy (non-hydrogen) atoms. The van der Waals surface area contributed by atoms with Crippen LogP contribution in [0.2, 0.25) is 0 Å². The lowest BCUT2D eigenvalue weighted by molar-refractivity contribution is -0.175. The van der Waals surface area contributed by atoms with Crippen molar-refractivity contribution in [2.45, 2.75) is 81.0 Å². The Kier molecular flexibility index (Phi) is 5.46. The van der Waals surface area contributed by atoms with Gasteiger partial charge in [-0.15, -0.1) is 0 Å². The van der Waals surface area contributed by atoms with Crippen molar-refractivity contribution in [3.05, 3.63) is 161 Å². The van der Waals surface area contributed by atoms with E-state index in [-0.39, 0.29) is 12.1 Å². The summed E-state index contributed by atoms with van der Waals surface area (Å²) in [6.07, 6.45) is 13.1. The Labute approximate surface area is 348 Å². The molecule has 0 saturated heterocycles. The second-order valence-electron chi connectivity index (χ2n) is 21.7. The van der Waals surface area contributed by atoms with E-state index in [1.165, 1.54) is 125 Å². The Morgan fingerprint density at radius 2 is 0.983 bits per heavy atom. The molecule has 0 radical (unpaired) electrons. The van der Waals surface area contributed by atoms with Crippen molar-refractivity contribution in [2.24, 2.45) is 40.9 Å². The van der Waals surface area contributed by atoms with E-state index in [2.05, 4.69) is 150 Å². The summed E-state index contributed by atoms with van der Waals surface area (Å²) in [6, 6.07) is 53.1. The first kappa shape index (κ1) is 31.8. The molecule has 6 bridgehead atoms. The number of benzene rings is 6. The average Bonchev–Trinajstić information content (AvgIpc) is 4.12. The maximum Gasteiger partial charge on any atom is 0.252 e. The van der Waals surface area contributed by atoms with Crippen LogP contribution in [0.1, 0.15) is 92.5 Å². The van der Waals surface area contributed by atoms with Gasteiger partial charge in [0, 0.05) is 39.5 Å². The summed E-state index contributed by atoms with van der Waals surface area (Å²) in [5, 5.41) is 0. The molecular weight excluding hydrogens is 711 g/mol. The summed E-state index contributed by atoms with van der Waals surface area (Å²) in [5.74, 6) is 5.91. The molecule has 8 fully saturated rings. The van der Waals surface area contributed by atoms with E-state index in [9.17, 15) is 0 Å². The third-order valence-electron chi connectivity index (χ3n) is 20.1. The summed E-state index contributed by atoms with van der Waals surface area (Å²) in [7, 11) is 0. The third-order valence-corrected chi connectivity index (χ3v) is 20.1. The fourth-order valence-electron chi connectivity index (χ4n) is 18.0. The minimum Gasteiger partial charge on any atom is -0.311 e. The molecule has 17 rings (SSSR count). The quantitative estimate of drug-likeness (QED) is 0.161. The molecule has 5 unspecified atom stereocenters. The zero-order valence-electron chi connectivity index (χ0n) is 34.0. The topological polar surface area (TPSA) is 6.48 Å². The molecule has 6 aromatic rings. The first-order valence-corrected chi connectivity index (χ1v) is 23.3. The highest BCUT2D eigenvalue weighted by Gasteiger charge is 2.77. The lowest BCUT2D eigenvalue weighted by Gasteiger charge is -2.66. The van der Waals surface area contributed by atoms with Crippen LogP contribution in [-0.2, 0) is 16.2 Å². The summed E-state index contributed by atoms with van der Waals surface area (Å²) < 4.78 is 0. The molecule has 3 aliphatic heterocycles. The van der Waals surface area contributed by atoms with Gasteiger partial charge in [-0.05, 0) is 209 Å². The largest absolute Gasteiger partial charge is 0.311 e. The van der Waals surface area contributed by atoms with Gasteiger partial charge in [0.05, 0.1) is 0 Å². The maximum atomic E-state index is 2.65. The predicted molar refractivity (Wildman–Crippen MR) is 241 cm³/mol. The van der Waals surface area contributed by atoms with Gasteiger partial charge in [-0.3, -0.25) is 0 Å². The number of nitrogens with zero attached hydrogens (tertiary/aromatic N) is 2. The Morgan fingerprint density at radius 1 is 0.458 bits per heavy atom. The fraction of sp³-hybridized carbons (Fsp3) is 0.357. The second-order valence-corrected chi connectivity index (χ2v) is 21.7. The van der Waals surface area contributed by atoms with Gasteiger partial charge in [0.25, 0.3) is 6.71 Å². The summed E-state index contributed by atoms with van der Waals surface area (Å²) >= 11 is 0. The predicted octanol–water partition coefficient (Wildman–Crippen LogP) is 11.2. The monoisotopic (exact) mass is 760 g/mol. The number of anilines is 6. The van der Waals surface area contributed by atoms with Crippen LogP contribution in [0.3, 0.4) is 0 Å². The van der Waals surface area contributed by atoms with Crippen molar-refractivity contribution >= 4 is 57.2 Å². The van der Waals surface area contributed by atoms with Crippen LogP contribution >= 0.6 is 0 Å². The van der Waals surface area contributed by atoms with E-state index in [0.29, 0.717) is 10.8 Å². The number of hydrogen-bond donors (Lipinski definition) is 0. The number of fused-ring (bicyclic) bond motifs is 1. The van der Waals surface area contributed by atoms with Gasteiger partial charge in [0.2, 0.25) is 0 Å². The Balaban J connectivity index is 0.903. The SMILES string of the molecule is CC1(c2ccccc2)c2cccc3c2B2c4c(cccc4N(c4ccc(C56CC7CC5CC7C6)cc4)c4cccc1c42)N3c1ccc(C23CC4CC5CC(C2)C54C3)cc1. The van der Waals surface area contributed by atoms with Crippen molar-refractivity contribution < 1.29 is 0 Å². The van der Waals surface area contributed by atoms with Crippen LogP contribution < -0.4 is 26.2 Å². The van der Waals surface area contributed by atoms with Crippen LogP contribution in [-0.4, -0.2) is 6.71 Å². The molecule has 6 aromatic carbocycles. The Hall–Kier alpha value is -5.02. The molecule has 11 aliphatic rings. The summed E-state index contributed by atoms with van der Waals surface area (Å²) in [5.41, 5.74) is 21.0. The Bertz CT molecular complexity index is 2830. The van der Waals surface area contributed by atoms with Crippen LogP contribution in [0.4, 0.5) is 34.1 Å². The molecule has 3 heterocycles. The molecule has 0 amide bonds. The van der Waals surface area contributed by atoms with E-state index in [1.807, 2.05) is 0 Å². The molecule has 5 atom stereocenters. The molecule has 3 heteroatoms. The standard InChI is InChI=1S/C56H49BN2/c1-53(35-8-3-2-4-9-35)44-10-5-12-46-50(44)57-51-45(53)11-6-13-47(51)59(43-22-18-37(19-23-43)55-28-33-24-38(55)25-34(33)29-55)49-15-7-14-48(52(49)57)58(46)42-20-16-36(17-21-42)54-30-40-26-39-27-41(31-54)56(39,40)32-54/h2-23,33-34,38-41H,24-32H2,1H3. The number of hydrogen-bond acceptors (Lipinski definition) is 2. The van der Waals surface area contributed by atoms with Gasteiger partial charge in [0.15, 0.2) is 0 Å². The highest BCUT2D eigenvalue weighted by molar-refractivity contribution is 7.01. The molecule has 1 spiro atoms. The lowest BCUT2D eigenvalue weighted by atomic mass is 9.28. The first-order valence-electron chi connectivity index (χ1n) is 23.3. The third kappa shape index (κ3) is 3.41. The van der Waals surface area contributed by atoms with Gasteiger partial charge >= 0.3 is 0 Å². The average molecular weight is 761 g/mol. The zero-order chi connectivity index (χ0) is 38.2. The second kappa shape index (κ2) is 10.1. The van der Waals surface area contributed by atoms with Crippen molar-refractivity contribution in [3.63, 3.8) is 0 Å². The van der Waals surface area contributed by atoms with Gasteiger partial charge in [-0.25, -0.2) is 0 Å². The molecule has 0 aromatic heterocycles. The highest BCUT2D eigenvalue weighted by Crippen LogP contribution is 2.84. The van der Waals surface area contributed by atoms with Crippen LogP contribution in [0.25, 0.3) is 0 Å². The minimum absolute atomic E-state index is 0.162. The van der Waals surface area contributed by atoms with Crippen LogP contribution in [0.5, 0.6) is 0 Å². The lowest BCUT2D eigenvalue weighted by Crippen LogP contribution is -2.67. The van der Waals surface area contributed by atoms with Crippen LogP contribution in [0, 0.1) is 40.9 Å². The van der Waals surface area contributed by atoms with Gasteiger partial charge in [-0.1, -0.05) is 84.9 Å². The van der Waals surface area contributed by atoms with Gasteiger partial charge in [-0.2, -0.15) is 0 Å². The fourth-order valence-corrected chi connectivity index (χ4v) is 18.0. The molecule has 0 N–H and O–H groups in total. The Morgan fingerprint density at radius 3 is 1.49 bits per heavy atom. The van der Waals surface area contributed by atoms with Gasteiger partial charge in [0.1, 0.15) is 0 Å². The molecule has 286 valence electrons. The highest BCUT2D eigenvalue weighted by atomic mass is 15.2. The van der Waals surface area contributed by atoms with Crippen LogP contribution in [0.15, 0.2) is 133 Å². The van der Waals surface area contributed by atoms with E-state index >= 15 is 0 Å². The minimum atomic E-state index is -0.315.